The van der Waals surface area contributed by atoms with Crippen molar-refractivity contribution in [3.05, 3.63) is 29.3 Å². The van der Waals surface area contributed by atoms with Crippen molar-refractivity contribution >= 4 is 33.4 Å². The number of nitrogens with two attached hydrogens (primary N) is 1. The lowest BCUT2D eigenvalue weighted by Crippen LogP contribution is -2.32. The molecule has 2 aliphatic heterocycles. The number of hydrogen-bond donors (Lipinski definition) is 2. The van der Waals surface area contributed by atoms with Crippen molar-refractivity contribution < 1.29 is 22.8 Å². The third kappa shape index (κ3) is 2.20. The summed E-state index contributed by atoms with van der Waals surface area (Å²) in [6, 6.07) is 4.34. The van der Waals surface area contributed by atoms with Crippen molar-refractivity contribution in [2.75, 3.05) is 11.4 Å². The number of anilines is 1. The van der Waals surface area contributed by atoms with Crippen molar-refractivity contribution in [3.8, 4) is 0 Å². The molecular weight excluding hydrogens is 298 g/mol. The first-order chi connectivity index (χ1) is 9.77. The van der Waals surface area contributed by atoms with E-state index in [1.54, 1.807) is 0 Å². The minimum atomic E-state index is -3.80. The largest absolute Gasteiger partial charge is 0.311 e. The number of rotatable bonds is 2. The van der Waals surface area contributed by atoms with Crippen LogP contribution in [-0.4, -0.2) is 37.9 Å². The number of primary sulfonamides is 1. The van der Waals surface area contributed by atoms with Gasteiger partial charge in [-0.25, -0.2) is 13.6 Å². The van der Waals surface area contributed by atoms with Crippen molar-refractivity contribution in [2.24, 2.45) is 5.14 Å². The SMILES string of the molecule is NS(=O)(=O)C1CC(=O)N(c2ccc3c(c2)C(=O)NC3=O)C1. The van der Waals surface area contributed by atoms with Gasteiger partial charge in [0.25, 0.3) is 11.8 Å². The number of amides is 3. The Morgan fingerprint density at radius 2 is 1.81 bits per heavy atom. The molecule has 0 aliphatic carbocycles. The number of sulfonamides is 1. The van der Waals surface area contributed by atoms with Gasteiger partial charge in [0.05, 0.1) is 11.1 Å². The van der Waals surface area contributed by atoms with E-state index >= 15 is 0 Å². The summed E-state index contributed by atoms with van der Waals surface area (Å²) in [5.74, 6) is -1.41. The standard InChI is InChI=1S/C12H11N3O5S/c13-21(19,20)7-4-10(16)15(5-7)6-1-2-8-9(3-6)12(18)14-11(8)17/h1-3,7H,4-5H2,(H2,13,19,20)(H,14,17,18). The molecule has 1 aromatic carbocycles. The van der Waals surface area contributed by atoms with E-state index in [2.05, 4.69) is 5.32 Å². The molecule has 1 saturated heterocycles. The molecule has 110 valence electrons. The molecule has 1 unspecified atom stereocenters. The number of imide groups is 1. The molecule has 0 spiro atoms. The van der Waals surface area contributed by atoms with Crippen LogP contribution >= 0.6 is 0 Å². The van der Waals surface area contributed by atoms with Crippen LogP contribution in [-0.2, 0) is 14.8 Å². The lowest BCUT2D eigenvalue weighted by atomic mass is 10.1. The van der Waals surface area contributed by atoms with Crippen LogP contribution in [0, 0.1) is 0 Å². The Bertz CT molecular complexity index is 786. The van der Waals surface area contributed by atoms with E-state index < -0.39 is 33.0 Å². The van der Waals surface area contributed by atoms with Gasteiger partial charge in [0, 0.05) is 18.7 Å². The molecule has 9 heteroatoms. The van der Waals surface area contributed by atoms with Gasteiger partial charge >= 0.3 is 0 Å². The highest BCUT2D eigenvalue weighted by molar-refractivity contribution is 7.89. The second-order valence-electron chi connectivity index (χ2n) is 4.93. The fourth-order valence-electron chi connectivity index (χ4n) is 2.47. The number of nitrogens with one attached hydrogen (secondary N) is 1. The van der Waals surface area contributed by atoms with E-state index in [1.807, 2.05) is 0 Å². The monoisotopic (exact) mass is 309 g/mol. The highest BCUT2D eigenvalue weighted by Gasteiger charge is 2.38. The maximum Gasteiger partial charge on any atom is 0.259 e. The molecule has 3 amide bonds. The highest BCUT2D eigenvalue weighted by Crippen LogP contribution is 2.27. The second kappa shape index (κ2) is 4.37. The Hall–Kier alpha value is -2.26. The summed E-state index contributed by atoms with van der Waals surface area (Å²) in [4.78, 5) is 36.2. The van der Waals surface area contributed by atoms with Gasteiger partial charge in [-0.2, -0.15) is 0 Å². The van der Waals surface area contributed by atoms with E-state index in [9.17, 15) is 22.8 Å². The lowest BCUT2D eigenvalue weighted by Gasteiger charge is -2.16. The average molecular weight is 309 g/mol. The highest BCUT2D eigenvalue weighted by atomic mass is 32.2. The Balaban J connectivity index is 1.96. The van der Waals surface area contributed by atoms with Crippen molar-refractivity contribution in [2.45, 2.75) is 11.7 Å². The topological polar surface area (TPSA) is 127 Å². The number of carbonyl (C=O) groups is 3. The number of benzene rings is 1. The first-order valence-corrected chi connectivity index (χ1v) is 7.70. The van der Waals surface area contributed by atoms with E-state index in [-0.39, 0.29) is 24.1 Å². The predicted molar refractivity (Wildman–Crippen MR) is 72.1 cm³/mol. The van der Waals surface area contributed by atoms with Crippen molar-refractivity contribution in [1.82, 2.24) is 5.32 Å². The van der Waals surface area contributed by atoms with Gasteiger partial charge in [-0.05, 0) is 18.2 Å². The molecule has 8 nitrogen and oxygen atoms in total. The molecule has 1 fully saturated rings. The minimum absolute atomic E-state index is 0.0635. The number of hydrogen-bond acceptors (Lipinski definition) is 5. The molecular formula is C12H11N3O5S. The maximum absolute atomic E-state index is 11.9. The Labute approximate surface area is 120 Å². The van der Waals surface area contributed by atoms with E-state index in [0.717, 1.165) is 0 Å². The van der Waals surface area contributed by atoms with Crippen molar-refractivity contribution in [1.29, 1.82) is 0 Å². The fraction of sp³-hybridized carbons (Fsp3) is 0.250. The van der Waals surface area contributed by atoms with Gasteiger partial charge in [-0.1, -0.05) is 0 Å². The molecule has 0 saturated carbocycles. The molecule has 1 aromatic rings. The zero-order chi connectivity index (χ0) is 15.4. The summed E-state index contributed by atoms with van der Waals surface area (Å²) in [7, 11) is -3.80. The minimum Gasteiger partial charge on any atom is -0.311 e. The summed E-state index contributed by atoms with van der Waals surface area (Å²) in [6.07, 6.45) is -0.193. The van der Waals surface area contributed by atoms with Crippen LogP contribution in [0.15, 0.2) is 18.2 Å². The van der Waals surface area contributed by atoms with Crippen LogP contribution in [0.25, 0.3) is 0 Å². The zero-order valence-electron chi connectivity index (χ0n) is 10.7. The van der Waals surface area contributed by atoms with E-state index in [1.165, 1.54) is 23.1 Å². The molecule has 2 heterocycles. The van der Waals surface area contributed by atoms with Crippen LogP contribution in [0.1, 0.15) is 27.1 Å². The number of nitrogens with zero attached hydrogens (tertiary/aromatic N) is 1. The van der Waals surface area contributed by atoms with E-state index in [4.69, 9.17) is 5.14 Å². The smallest absolute Gasteiger partial charge is 0.259 e. The van der Waals surface area contributed by atoms with Gasteiger partial charge in [0.2, 0.25) is 15.9 Å². The van der Waals surface area contributed by atoms with Crippen LogP contribution in [0.3, 0.4) is 0 Å². The molecule has 0 radical (unpaired) electrons. The Morgan fingerprint density at radius 1 is 1.14 bits per heavy atom. The molecule has 0 bridgehead atoms. The number of fused-ring (bicyclic) bond motifs is 1. The first kappa shape index (κ1) is 13.7. The third-order valence-corrected chi connectivity index (χ3v) is 4.83. The van der Waals surface area contributed by atoms with Gasteiger partial charge in [0.1, 0.15) is 5.25 Å². The summed E-state index contributed by atoms with van der Waals surface area (Å²) in [5, 5.41) is 6.24. The van der Waals surface area contributed by atoms with Gasteiger partial charge < -0.3 is 4.90 Å². The molecule has 0 aromatic heterocycles. The second-order valence-corrected chi connectivity index (χ2v) is 6.78. The summed E-state index contributed by atoms with van der Waals surface area (Å²) in [6.45, 7) is -0.0635. The Kier molecular flexibility index (Phi) is 2.85. The summed E-state index contributed by atoms with van der Waals surface area (Å²) in [5.41, 5.74) is 0.775. The van der Waals surface area contributed by atoms with Crippen LogP contribution in [0.5, 0.6) is 0 Å². The predicted octanol–water partition coefficient (Wildman–Crippen LogP) is -1.04. The lowest BCUT2D eigenvalue weighted by molar-refractivity contribution is -0.117. The average Bonchev–Trinajstić information content (AvgIpc) is 2.91. The summed E-state index contributed by atoms with van der Waals surface area (Å²) >= 11 is 0. The van der Waals surface area contributed by atoms with Gasteiger partial charge in [-0.15, -0.1) is 0 Å². The third-order valence-electron chi connectivity index (χ3n) is 3.59. The Morgan fingerprint density at radius 3 is 2.43 bits per heavy atom. The van der Waals surface area contributed by atoms with Crippen LogP contribution in [0.2, 0.25) is 0 Å². The zero-order valence-corrected chi connectivity index (χ0v) is 11.5. The summed E-state index contributed by atoms with van der Waals surface area (Å²) < 4.78 is 22.7. The number of carbonyl (C=O) groups excluding carboxylic acids is 3. The van der Waals surface area contributed by atoms with Crippen LogP contribution < -0.4 is 15.4 Å². The molecule has 21 heavy (non-hydrogen) atoms. The van der Waals surface area contributed by atoms with Crippen molar-refractivity contribution in [3.63, 3.8) is 0 Å². The molecule has 2 aliphatic rings. The van der Waals surface area contributed by atoms with Crippen LogP contribution in [0.4, 0.5) is 5.69 Å². The quantitative estimate of drug-likeness (QED) is 0.675. The normalized spacial score (nSPS) is 21.7. The van der Waals surface area contributed by atoms with Gasteiger partial charge in [-0.3, -0.25) is 19.7 Å². The maximum atomic E-state index is 11.9. The molecule has 1 atom stereocenters. The molecule has 3 rings (SSSR count). The first-order valence-electron chi connectivity index (χ1n) is 6.09. The molecule has 3 N–H and O–H groups in total. The van der Waals surface area contributed by atoms with Gasteiger partial charge in [0.15, 0.2) is 0 Å². The fourth-order valence-corrected chi connectivity index (χ4v) is 3.20. The van der Waals surface area contributed by atoms with E-state index in [0.29, 0.717) is 5.69 Å².